The Kier molecular flexibility index (Phi) is 6.82. The summed E-state index contributed by atoms with van der Waals surface area (Å²) in [5.74, 6) is 0.977. The van der Waals surface area contributed by atoms with Crippen LogP contribution in [0.5, 0.6) is 5.75 Å². The highest BCUT2D eigenvalue weighted by Gasteiger charge is 2.61. The summed E-state index contributed by atoms with van der Waals surface area (Å²) < 4.78 is 0. The molecule has 1 aliphatic heterocycles. The number of amides is 1. The molecule has 1 heterocycles. The van der Waals surface area contributed by atoms with Gasteiger partial charge in [0.05, 0.1) is 5.60 Å². The molecule has 3 aliphatic rings. The van der Waals surface area contributed by atoms with Gasteiger partial charge >= 0.3 is 0 Å². The molecular weight excluding hydrogens is 392 g/mol. The highest BCUT2D eigenvalue weighted by Crippen LogP contribution is 2.54. The van der Waals surface area contributed by atoms with Crippen molar-refractivity contribution in [1.82, 2.24) is 4.90 Å². The normalized spacial score (nSPS) is 31.0. The molecule has 4 rings (SSSR count). The van der Waals surface area contributed by atoms with Crippen LogP contribution in [-0.2, 0) is 15.0 Å². The van der Waals surface area contributed by atoms with Gasteiger partial charge in [-0.3, -0.25) is 14.5 Å². The number of benzene rings is 1. The molecular formula is C25H38N2O4. The molecule has 0 aromatic heterocycles. The zero-order valence-corrected chi connectivity index (χ0v) is 19.4. The van der Waals surface area contributed by atoms with Crippen molar-refractivity contribution < 1.29 is 19.8 Å². The first-order valence-electron chi connectivity index (χ1n) is 11.6. The van der Waals surface area contributed by atoms with Crippen LogP contribution in [0.25, 0.3) is 0 Å². The van der Waals surface area contributed by atoms with Gasteiger partial charge in [-0.05, 0) is 75.3 Å². The minimum atomic E-state index is -0.924. The standard InChI is InChI=1S/C21H29NO3.C4H9NO/c1-14-3-6-17(23)11-19(14)20-9-10-22(13-16-4-5-16)15(2)21(20,25)8-7-18(24)12-20;1-3(2)4(5)6/h3,6,11,15-16,23,25H,4-5,7-10,12-13H2,1-2H3;3H,1-2H3,(H2,5,6). The monoisotopic (exact) mass is 430 g/mol. The van der Waals surface area contributed by atoms with Gasteiger partial charge in [-0.2, -0.15) is 0 Å². The van der Waals surface area contributed by atoms with E-state index in [1.807, 2.05) is 13.0 Å². The minimum Gasteiger partial charge on any atom is -0.508 e. The van der Waals surface area contributed by atoms with E-state index in [1.165, 1.54) is 12.8 Å². The SMILES string of the molecule is CC(C)C(N)=O.Cc1ccc(O)cc1C12CCN(CC3CC3)C(C)C1(O)CCC(=O)C2. The molecule has 31 heavy (non-hydrogen) atoms. The van der Waals surface area contributed by atoms with Gasteiger partial charge in [-0.25, -0.2) is 0 Å². The molecule has 0 bridgehead atoms. The van der Waals surface area contributed by atoms with Crippen molar-refractivity contribution in [2.24, 2.45) is 17.6 Å². The summed E-state index contributed by atoms with van der Waals surface area (Å²) in [5.41, 5.74) is 5.30. The second-order valence-corrected chi connectivity index (χ2v) is 10.1. The van der Waals surface area contributed by atoms with E-state index in [1.54, 1.807) is 26.0 Å². The molecule has 3 fully saturated rings. The quantitative estimate of drug-likeness (QED) is 0.681. The second-order valence-electron chi connectivity index (χ2n) is 10.1. The molecule has 0 spiro atoms. The number of Topliss-reactive ketones (excluding diaryl/α,β-unsaturated/α-hetero) is 1. The number of phenolic OH excluding ortho intramolecular Hbond substituents is 1. The Hall–Kier alpha value is -1.92. The zero-order chi connectivity index (χ0) is 23.0. The molecule has 6 heteroatoms. The number of likely N-dealkylation sites (tertiary alicyclic amines) is 1. The van der Waals surface area contributed by atoms with Crippen molar-refractivity contribution in [2.45, 2.75) is 83.3 Å². The van der Waals surface area contributed by atoms with Gasteiger partial charge in [-0.1, -0.05) is 19.9 Å². The number of phenols is 1. The van der Waals surface area contributed by atoms with Crippen LogP contribution in [0.15, 0.2) is 18.2 Å². The summed E-state index contributed by atoms with van der Waals surface area (Å²) in [5, 5.41) is 22.0. The number of piperidine rings is 1. The Bertz CT molecular complexity index is 835. The van der Waals surface area contributed by atoms with Gasteiger partial charge in [0.25, 0.3) is 0 Å². The molecule has 3 atom stereocenters. The van der Waals surface area contributed by atoms with Crippen LogP contribution >= 0.6 is 0 Å². The molecule has 6 nitrogen and oxygen atoms in total. The number of hydrogen-bond acceptors (Lipinski definition) is 5. The number of aromatic hydroxyl groups is 1. The van der Waals surface area contributed by atoms with Gasteiger partial charge in [-0.15, -0.1) is 0 Å². The molecule has 1 amide bonds. The van der Waals surface area contributed by atoms with Crippen LogP contribution in [0.2, 0.25) is 0 Å². The Morgan fingerprint density at radius 2 is 1.94 bits per heavy atom. The predicted octanol–water partition coefficient (Wildman–Crippen LogP) is 3.05. The molecule has 1 aromatic rings. The number of fused-ring (bicyclic) bond motifs is 1. The lowest BCUT2D eigenvalue weighted by molar-refractivity contribution is -0.164. The lowest BCUT2D eigenvalue weighted by Gasteiger charge is -2.60. The Labute approximate surface area is 185 Å². The minimum absolute atomic E-state index is 0.00926. The number of carbonyl (C=O) groups excluding carboxylic acids is 2. The summed E-state index contributed by atoms with van der Waals surface area (Å²) in [4.78, 5) is 24.8. The number of ketones is 1. The van der Waals surface area contributed by atoms with E-state index < -0.39 is 11.0 Å². The summed E-state index contributed by atoms with van der Waals surface area (Å²) in [6.45, 7) is 9.65. The van der Waals surface area contributed by atoms with E-state index in [-0.39, 0.29) is 29.4 Å². The molecule has 0 radical (unpaired) electrons. The first kappa shape index (κ1) is 23.7. The van der Waals surface area contributed by atoms with Gasteiger partial charge in [0.2, 0.25) is 5.91 Å². The van der Waals surface area contributed by atoms with E-state index in [9.17, 15) is 19.8 Å². The van der Waals surface area contributed by atoms with Crippen molar-refractivity contribution in [2.75, 3.05) is 13.1 Å². The maximum Gasteiger partial charge on any atom is 0.219 e. The smallest absolute Gasteiger partial charge is 0.219 e. The number of nitrogens with two attached hydrogens (primary N) is 1. The van der Waals surface area contributed by atoms with Crippen molar-refractivity contribution in [3.63, 3.8) is 0 Å². The number of carbonyl (C=O) groups is 2. The molecule has 2 aliphatic carbocycles. The third-order valence-corrected chi connectivity index (χ3v) is 7.67. The van der Waals surface area contributed by atoms with E-state index in [4.69, 9.17) is 5.73 Å². The van der Waals surface area contributed by atoms with Crippen molar-refractivity contribution in [1.29, 1.82) is 0 Å². The summed E-state index contributed by atoms with van der Waals surface area (Å²) in [7, 11) is 0. The third kappa shape index (κ3) is 4.65. The largest absolute Gasteiger partial charge is 0.508 e. The molecule has 4 N–H and O–H groups in total. The molecule has 172 valence electrons. The van der Waals surface area contributed by atoms with Crippen LogP contribution < -0.4 is 5.73 Å². The zero-order valence-electron chi connectivity index (χ0n) is 19.4. The number of hydrogen-bond donors (Lipinski definition) is 3. The van der Waals surface area contributed by atoms with Crippen molar-refractivity contribution in [3.8, 4) is 5.75 Å². The fourth-order valence-electron chi connectivity index (χ4n) is 5.36. The highest BCUT2D eigenvalue weighted by molar-refractivity contribution is 5.82. The maximum atomic E-state index is 12.4. The average Bonchev–Trinajstić information content (AvgIpc) is 3.52. The average molecular weight is 431 g/mol. The lowest BCUT2D eigenvalue weighted by Crippen LogP contribution is -2.70. The van der Waals surface area contributed by atoms with Crippen molar-refractivity contribution in [3.05, 3.63) is 29.3 Å². The third-order valence-electron chi connectivity index (χ3n) is 7.67. The van der Waals surface area contributed by atoms with Crippen LogP contribution in [-0.4, -0.2) is 51.5 Å². The molecule has 3 unspecified atom stereocenters. The number of aliphatic hydroxyl groups is 1. The van der Waals surface area contributed by atoms with Crippen LogP contribution in [0, 0.1) is 18.8 Å². The lowest BCUT2D eigenvalue weighted by atomic mass is 9.53. The van der Waals surface area contributed by atoms with E-state index in [2.05, 4.69) is 11.8 Å². The predicted molar refractivity (Wildman–Crippen MR) is 121 cm³/mol. The first-order valence-corrected chi connectivity index (χ1v) is 11.6. The Morgan fingerprint density at radius 3 is 2.52 bits per heavy atom. The number of rotatable bonds is 4. The van der Waals surface area contributed by atoms with E-state index in [0.29, 0.717) is 19.3 Å². The second kappa shape index (κ2) is 8.91. The van der Waals surface area contributed by atoms with Crippen LogP contribution in [0.4, 0.5) is 0 Å². The van der Waals surface area contributed by atoms with Gasteiger partial charge in [0.1, 0.15) is 11.5 Å². The van der Waals surface area contributed by atoms with E-state index in [0.717, 1.165) is 36.6 Å². The van der Waals surface area contributed by atoms with E-state index >= 15 is 0 Å². The van der Waals surface area contributed by atoms with Gasteiger partial charge < -0.3 is 15.9 Å². The van der Waals surface area contributed by atoms with Crippen molar-refractivity contribution >= 4 is 11.7 Å². The first-order chi connectivity index (χ1) is 14.5. The molecule has 1 saturated heterocycles. The summed E-state index contributed by atoms with van der Waals surface area (Å²) >= 11 is 0. The molecule has 2 saturated carbocycles. The summed E-state index contributed by atoms with van der Waals surface area (Å²) in [6, 6.07) is 5.39. The number of nitrogens with zero attached hydrogens (tertiary/aromatic N) is 1. The highest BCUT2D eigenvalue weighted by atomic mass is 16.3. The number of aryl methyl sites for hydroxylation is 1. The molecule has 1 aromatic carbocycles. The number of primary amides is 1. The fourth-order valence-corrected chi connectivity index (χ4v) is 5.36. The Balaban J connectivity index is 0.000000401. The fraction of sp³-hybridized carbons (Fsp3) is 0.680. The van der Waals surface area contributed by atoms with Crippen LogP contribution in [0.1, 0.15) is 70.4 Å². The maximum absolute atomic E-state index is 12.4. The topological polar surface area (TPSA) is 104 Å². The Morgan fingerprint density at radius 1 is 1.29 bits per heavy atom. The van der Waals surface area contributed by atoms with Gasteiger partial charge in [0.15, 0.2) is 0 Å². The summed E-state index contributed by atoms with van der Waals surface area (Å²) in [6.07, 6.45) is 4.74. The van der Waals surface area contributed by atoms with Crippen LogP contribution in [0.3, 0.4) is 0 Å². The van der Waals surface area contributed by atoms with Gasteiger partial charge in [0, 0.05) is 36.8 Å².